The van der Waals surface area contributed by atoms with E-state index in [0.29, 0.717) is 12.2 Å². The Labute approximate surface area is 290 Å². The minimum atomic E-state index is -1.44. The van der Waals surface area contributed by atoms with E-state index in [4.69, 9.17) is 19.0 Å². The fourth-order valence-corrected chi connectivity index (χ4v) is 7.27. The predicted octanol–water partition coefficient (Wildman–Crippen LogP) is 4.06. The molecule has 11 heteroatoms. The Kier molecular flexibility index (Phi) is 9.51. The van der Waals surface area contributed by atoms with E-state index in [2.05, 4.69) is 5.32 Å². The van der Waals surface area contributed by atoms with Crippen LogP contribution in [0.1, 0.15) is 35.6 Å². The molecule has 0 saturated carbocycles. The number of nitrogens with zero attached hydrogens (tertiary/aromatic N) is 2. The van der Waals surface area contributed by atoms with Gasteiger partial charge in [0, 0.05) is 19.5 Å². The zero-order valence-corrected chi connectivity index (χ0v) is 27.7. The van der Waals surface area contributed by atoms with E-state index < -0.39 is 53.4 Å². The summed E-state index contributed by atoms with van der Waals surface area (Å²) in [6.45, 7) is 0.360. The minimum absolute atomic E-state index is 0.00758. The Morgan fingerprint density at radius 3 is 2.36 bits per heavy atom. The first kappa shape index (κ1) is 33.2. The molecule has 0 aliphatic carbocycles. The number of esters is 1. The number of allylic oxidation sites excluding steroid dienone is 1. The standard InChI is InChI=1S/C39H39N3O8/c1-47-29-18-16-27(17-19-29)24-49-42-35-38(46)41(23-26-11-5-2-6-12-26)22-10-4-9-15-32(43)48-25-30(28-13-7-3-8-14-28)40-36(44)33-31-20-21-39(35,50-31)34(33)37(42)45/h2-8,10-14,16-21,30-31,33-35H,9,15,22-25H2,1H3,(H,40,44)/b10-4-/t30-,31-,33+,34+,35-,39+/m1/s1. The lowest BCUT2D eigenvalue weighted by Gasteiger charge is -2.35. The third kappa shape index (κ3) is 6.41. The number of hydrogen-bond donors (Lipinski definition) is 1. The fourth-order valence-electron chi connectivity index (χ4n) is 7.27. The van der Waals surface area contributed by atoms with Crippen LogP contribution in [0, 0.1) is 11.8 Å². The average molecular weight is 678 g/mol. The van der Waals surface area contributed by atoms with Crippen LogP contribution >= 0.6 is 0 Å². The summed E-state index contributed by atoms with van der Waals surface area (Å²) in [5, 5.41) is 4.16. The molecule has 258 valence electrons. The molecule has 3 aromatic carbocycles. The summed E-state index contributed by atoms with van der Waals surface area (Å²) in [6, 6.07) is 24.1. The van der Waals surface area contributed by atoms with Gasteiger partial charge in [-0.25, -0.2) is 5.06 Å². The van der Waals surface area contributed by atoms with Crippen LogP contribution < -0.4 is 10.1 Å². The van der Waals surface area contributed by atoms with Gasteiger partial charge >= 0.3 is 5.97 Å². The summed E-state index contributed by atoms with van der Waals surface area (Å²) >= 11 is 0. The second-order valence-electron chi connectivity index (χ2n) is 12.9. The van der Waals surface area contributed by atoms with Crippen molar-refractivity contribution in [3.63, 3.8) is 0 Å². The molecule has 3 amide bonds. The molecule has 50 heavy (non-hydrogen) atoms. The van der Waals surface area contributed by atoms with Gasteiger partial charge < -0.3 is 24.4 Å². The maximum atomic E-state index is 14.9. The summed E-state index contributed by atoms with van der Waals surface area (Å²) in [7, 11) is 1.58. The first-order chi connectivity index (χ1) is 24.4. The molecule has 6 atom stereocenters. The normalized spacial score (nSPS) is 28.7. The molecule has 3 aromatic rings. The average Bonchev–Trinajstić information content (AvgIpc) is 3.79. The Hall–Kier alpha value is -5.26. The quantitative estimate of drug-likeness (QED) is 0.294. The van der Waals surface area contributed by atoms with Gasteiger partial charge in [-0.05, 0) is 35.2 Å². The molecule has 0 unspecified atom stereocenters. The molecule has 1 spiro atoms. The van der Waals surface area contributed by atoms with Crippen molar-refractivity contribution in [2.45, 2.75) is 49.8 Å². The van der Waals surface area contributed by atoms with Gasteiger partial charge in [0.05, 0.1) is 31.1 Å². The number of benzene rings is 3. The van der Waals surface area contributed by atoms with Crippen LogP contribution in [-0.2, 0) is 46.6 Å². The fraction of sp³-hybridized carbons (Fsp3) is 0.333. The number of carbonyl (C=O) groups excluding carboxylic acids is 4. The predicted molar refractivity (Wildman–Crippen MR) is 181 cm³/mol. The van der Waals surface area contributed by atoms with Crippen molar-refractivity contribution >= 4 is 23.7 Å². The SMILES string of the molecule is COc1ccc(CON2C(=O)[C@@H]3[C@H]4C(=O)N[C@@H](c5ccccc5)COC(=O)CC/C=C\CN(Cc5ccccc5)C(=O)[C@@H]2[C@]32C=C[C@H]4O2)cc1. The first-order valence-corrected chi connectivity index (χ1v) is 16.8. The molecule has 4 aliphatic heterocycles. The van der Waals surface area contributed by atoms with Crippen LogP contribution in [-0.4, -0.2) is 71.7 Å². The van der Waals surface area contributed by atoms with E-state index in [0.717, 1.165) is 21.8 Å². The Morgan fingerprint density at radius 1 is 0.880 bits per heavy atom. The van der Waals surface area contributed by atoms with Gasteiger partial charge in [-0.1, -0.05) is 97.1 Å². The molecule has 0 aromatic heterocycles. The molecular formula is C39H39N3O8. The smallest absolute Gasteiger partial charge is 0.306 e. The number of fused-ring (bicyclic) bond motifs is 2. The highest BCUT2D eigenvalue weighted by Crippen LogP contribution is 2.55. The number of ether oxygens (including phenoxy) is 3. The number of amides is 3. The van der Waals surface area contributed by atoms with Crippen molar-refractivity contribution in [2.24, 2.45) is 11.8 Å². The number of hydroxylamine groups is 2. The number of cyclic esters (lactones) is 1. The van der Waals surface area contributed by atoms with Gasteiger partial charge in [-0.15, -0.1) is 0 Å². The first-order valence-electron chi connectivity index (χ1n) is 16.8. The zero-order valence-electron chi connectivity index (χ0n) is 27.7. The Bertz CT molecular complexity index is 1780. The van der Waals surface area contributed by atoms with Crippen LogP contribution in [0.25, 0.3) is 0 Å². The van der Waals surface area contributed by atoms with E-state index in [1.54, 1.807) is 36.3 Å². The highest BCUT2D eigenvalue weighted by Gasteiger charge is 2.74. The lowest BCUT2D eigenvalue weighted by atomic mass is 9.74. The molecule has 5 bridgehead atoms. The third-order valence-electron chi connectivity index (χ3n) is 9.76. The summed E-state index contributed by atoms with van der Waals surface area (Å²) in [6.07, 6.45) is 6.98. The van der Waals surface area contributed by atoms with Gasteiger partial charge in [0.15, 0.2) is 6.04 Å². The Morgan fingerprint density at radius 2 is 1.62 bits per heavy atom. The van der Waals surface area contributed by atoms with Crippen LogP contribution in [0.5, 0.6) is 5.75 Å². The molecular weight excluding hydrogens is 638 g/mol. The largest absolute Gasteiger partial charge is 0.497 e. The van der Waals surface area contributed by atoms with Crippen molar-refractivity contribution < 1.29 is 38.2 Å². The van der Waals surface area contributed by atoms with E-state index in [1.165, 1.54) is 0 Å². The van der Waals surface area contributed by atoms with Gasteiger partial charge in [0.1, 0.15) is 24.6 Å². The van der Waals surface area contributed by atoms with Gasteiger partial charge in [-0.2, -0.15) is 0 Å². The van der Waals surface area contributed by atoms with E-state index in [-0.39, 0.29) is 38.6 Å². The second kappa shape index (κ2) is 14.3. The number of nitrogens with one attached hydrogen (secondary N) is 1. The van der Waals surface area contributed by atoms with Crippen LogP contribution in [0.4, 0.5) is 0 Å². The van der Waals surface area contributed by atoms with E-state index in [1.807, 2.05) is 84.9 Å². The maximum absolute atomic E-state index is 14.9. The molecule has 11 nitrogen and oxygen atoms in total. The number of carbonyl (C=O) groups is 4. The topological polar surface area (TPSA) is 124 Å². The maximum Gasteiger partial charge on any atom is 0.306 e. The lowest BCUT2D eigenvalue weighted by molar-refractivity contribution is -0.210. The van der Waals surface area contributed by atoms with Crippen molar-refractivity contribution in [3.8, 4) is 5.75 Å². The zero-order chi connectivity index (χ0) is 34.7. The van der Waals surface area contributed by atoms with E-state index in [9.17, 15) is 19.2 Å². The summed E-state index contributed by atoms with van der Waals surface area (Å²) in [5.41, 5.74) is 0.951. The number of methoxy groups -OCH3 is 1. The van der Waals surface area contributed by atoms with Crippen LogP contribution in [0.2, 0.25) is 0 Å². The van der Waals surface area contributed by atoms with Crippen molar-refractivity contribution in [2.75, 3.05) is 20.3 Å². The number of rotatable bonds is 7. The highest BCUT2D eigenvalue weighted by atomic mass is 16.7. The molecule has 4 aliphatic rings. The van der Waals surface area contributed by atoms with Crippen LogP contribution in [0.15, 0.2) is 109 Å². The van der Waals surface area contributed by atoms with Gasteiger partial charge in [0.2, 0.25) is 5.91 Å². The highest BCUT2D eigenvalue weighted by molar-refractivity contribution is 5.99. The van der Waals surface area contributed by atoms with E-state index >= 15 is 0 Å². The van der Waals surface area contributed by atoms with Crippen molar-refractivity contribution in [3.05, 3.63) is 126 Å². The van der Waals surface area contributed by atoms with Crippen molar-refractivity contribution in [1.82, 2.24) is 15.3 Å². The van der Waals surface area contributed by atoms with Crippen LogP contribution in [0.3, 0.4) is 0 Å². The molecule has 2 saturated heterocycles. The summed E-state index contributed by atoms with van der Waals surface area (Å²) < 4.78 is 17.5. The van der Waals surface area contributed by atoms with Crippen molar-refractivity contribution in [1.29, 1.82) is 0 Å². The summed E-state index contributed by atoms with van der Waals surface area (Å²) in [5.74, 6) is -3.08. The summed E-state index contributed by atoms with van der Waals surface area (Å²) in [4.78, 5) is 64.2. The van der Waals surface area contributed by atoms with Gasteiger partial charge in [-0.3, -0.25) is 24.0 Å². The number of hydrogen-bond acceptors (Lipinski definition) is 8. The molecule has 4 heterocycles. The molecule has 0 radical (unpaired) electrons. The molecule has 2 fully saturated rings. The molecule has 1 N–H and O–H groups in total. The molecule has 7 rings (SSSR count). The lowest BCUT2D eigenvalue weighted by Crippen LogP contribution is -2.55. The second-order valence-corrected chi connectivity index (χ2v) is 12.9. The Balaban J connectivity index is 1.27. The van der Waals surface area contributed by atoms with Gasteiger partial charge in [0.25, 0.3) is 11.8 Å². The third-order valence-corrected chi connectivity index (χ3v) is 9.76. The minimum Gasteiger partial charge on any atom is -0.497 e. The monoisotopic (exact) mass is 677 g/mol.